The van der Waals surface area contributed by atoms with Gasteiger partial charge in [-0.1, -0.05) is 6.07 Å². The van der Waals surface area contributed by atoms with Crippen molar-refractivity contribution in [3.63, 3.8) is 0 Å². The van der Waals surface area contributed by atoms with Crippen molar-refractivity contribution in [1.29, 1.82) is 5.26 Å². The first-order valence-electron chi connectivity index (χ1n) is 9.87. The normalized spacial score (nSPS) is 15.6. The summed E-state index contributed by atoms with van der Waals surface area (Å²) in [6, 6.07) is 4.52. The number of nitrogens with zero attached hydrogens (tertiary/aromatic N) is 4. The molecule has 3 rings (SSSR count). The molecule has 0 unspecified atom stereocenters. The van der Waals surface area contributed by atoms with E-state index in [-0.39, 0.29) is 28.9 Å². The van der Waals surface area contributed by atoms with Crippen molar-refractivity contribution in [2.45, 2.75) is 38.9 Å². The number of anilines is 2. The van der Waals surface area contributed by atoms with Gasteiger partial charge in [-0.3, -0.25) is 0 Å². The van der Waals surface area contributed by atoms with E-state index in [4.69, 9.17) is 0 Å². The van der Waals surface area contributed by atoms with Crippen LogP contribution >= 0.6 is 0 Å². The van der Waals surface area contributed by atoms with Gasteiger partial charge in [0, 0.05) is 30.8 Å². The average molecular weight is 433 g/mol. The van der Waals surface area contributed by atoms with Gasteiger partial charge in [0.05, 0.1) is 0 Å². The Balaban J connectivity index is 1.83. The van der Waals surface area contributed by atoms with E-state index in [9.17, 15) is 28.3 Å². The fourth-order valence-electron chi connectivity index (χ4n) is 3.63. The van der Waals surface area contributed by atoms with Gasteiger partial charge in [0.1, 0.15) is 23.9 Å². The number of halogens is 3. The quantitative estimate of drug-likeness (QED) is 0.708. The van der Waals surface area contributed by atoms with Gasteiger partial charge in [0.2, 0.25) is 0 Å². The van der Waals surface area contributed by atoms with Crippen LogP contribution in [0.4, 0.5) is 24.8 Å². The van der Waals surface area contributed by atoms with E-state index in [1.165, 1.54) is 0 Å². The number of rotatable bonds is 6. The third kappa shape index (κ3) is 4.87. The monoisotopic (exact) mass is 433 g/mol. The molecule has 164 valence electrons. The molecule has 2 aromatic rings. The molecule has 0 saturated carbocycles. The second kappa shape index (κ2) is 9.20. The number of hydrogen-bond acceptors (Lipinski definition) is 6. The zero-order chi connectivity index (χ0) is 22.7. The molecule has 1 saturated heterocycles. The Morgan fingerprint density at radius 1 is 1.29 bits per heavy atom. The van der Waals surface area contributed by atoms with Crippen LogP contribution in [0.15, 0.2) is 18.2 Å². The molecule has 0 bridgehead atoms. The van der Waals surface area contributed by atoms with E-state index >= 15 is 0 Å². The molecule has 10 heteroatoms. The molecule has 1 fully saturated rings. The zero-order valence-corrected chi connectivity index (χ0v) is 17.1. The number of carbonyl (C=O) groups is 1. The van der Waals surface area contributed by atoms with Crippen molar-refractivity contribution >= 4 is 17.6 Å². The number of carboxylic acid groups (broad SMARTS) is 1. The predicted octanol–water partition coefficient (Wildman–Crippen LogP) is 4.07. The fourth-order valence-corrected chi connectivity index (χ4v) is 3.63. The summed E-state index contributed by atoms with van der Waals surface area (Å²) in [7, 11) is 0. The highest BCUT2D eigenvalue weighted by Gasteiger charge is 2.32. The topological polar surface area (TPSA) is 102 Å². The third-order valence-electron chi connectivity index (χ3n) is 5.12. The first-order valence-corrected chi connectivity index (χ1v) is 9.87. The van der Waals surface area contributed by atoms with E-state index in [1.54, 1.807) is 11.0 Å². The molecular formula is C21H22F3N5O2. The van der Waals surface area contributed by atoms with Crippen LogP contribution in [0, 0.1) is 28.9 Å². The molecule has 0 amide bonds. The molecule has 2 heterocycles. The molecule has 1 aromatic carbocycles. The maximum atomic E-state index is 14.9. The fraction of sp³-hybridized carbons (Fsp3) is 0.429. The number of nitrogens with one attached hydrogen (secondary N) is 1. The summed E-state index contributed by atoms with van der Waals surface area (Å²) in [4.78, 5) is 21.6. The summed E-state index contributed by atoms with van der Waals surface area (Å²) in [5.41, 5.74) is -0.927. The van der Waals surface area contributed by atoms with Crippen LogP contribution < -0.4 is 10.2 Å². The van der Waals surface area contributed by atoms with Crippen LogP contribution in [0.25, 0.3) is 0 Å². The van der Waals surface area contributed by atoms with Crippen LogP contribution in [0.1, 0.15) is 54.6 Å². The summed E-state index contributed by atoms with van der Waals surface area (Å²) >= 11 is 0. The number of carboxylic acids is 1. The Morgan fingerprint density at radius 3 is 2.52 bits per heavy atom. The summed E-state index contributed by atoms with van der Waals surface area (Å²) in [5, 5.41) is 21.7. The van der Waals surface area contributed by atoms with E-state index < -0.39 is 35.4 Å². The molecule has 7 nitrogen and oxygen atoms in total. The van der Waals surface area contributed by atoms with Crippen molar-refractivity contribution in [2.75, 3.05) is 23.3 Å². The Kier molecular flexibility index (Phi) is 6.63. The number of hydrogen-bond donors (Lipinski definition) is 2. The van der Waals surface area contributed by atoms with Gasteiger partial charge in [-0.25, -0.2) is 27.9 Å². The predicted molar refractivity (Wildman–Crippen MR) is 108 cm³/mol. The van der Waals surface area contributed by atoms with Crippen LogP contribution in [0.5, 0.6) is 0 Å². The number of aromatic carboxylic acids is 1. The van der Waals surface area contributed by atoms with Crippen molar-refractivity contribution in [1.82, 2.24) is 9.97 Å². The first kappa shape index (κ1) is 22.3. The lowest BCUT2D eigenvalue weighted by molar-refractivity contribution is 0.0689. The average Bonchev–Trinajstić information content (AvgIpc) is 2.72. The highest BCUT2D eigenvalue weighted by Crippen LogP contribution is 2.37. The molecule has 2 N–H and O–H groups in total. The minimum atomic E-state index is -1.59. The van der Waals surface area contributed by atoms with Crippen LogP contribution in [-0.4, -0.2) is 40.2 Å². The largest absolute Gasteiger partial charge is 0.476 e. The van der Waals surface area contributed by atoms with Crippen molar-refractivity contribution in [2.24, 2.45) is 5.92 Å². The van der Waals surface area contributed by atoms with Gasteiger partial charge in [-0.2, -0.15) is 5.26 Å². The lowest BCUT2D eigenvalue weighted by atomic mass is 9.88. The van der Waals surface area contributed by atoms with E-state index in [2.05, 4.69) is 15.3 Å². The molecule has 0 spiro atoms. The Labute approximate surface area is 177 Å². The van der Waals surface area contributed by atoms with Crippen molar-refractivity contribution in [3.8, 4) is 6.07 Å². The standard InChI is InChI=1S/C21H22F3N5O2/c1-11(2)26-19-20(28-18(21(30)31)16(10-25)27-19)29-7-5-12(6-8-29)17(24)14-4-3-13(22)9-15(14)23/h3-4,9,11-12,17H,5-8H2,1-2H3,(H,26,27)(H,30,31)/t17-/m1/s1. The first-order chi connectivity index (χ1) is 14.7. The number of piperidine rings is 1. The van der Waals surface area contributed by atoms with Gasteiger partial charge < -0.3 is 15.3 Å². The lowest BCUT2D eigenvalue weighted by Crippen LogP contribution is -2.37. The second-order valence-electron chi connectivity index (χ2n) is 7.70. The van der Waals surface area contributed by atoms with Gasteiger partial charge in [0.15, 0.2) is 23.0 Å². The maximum Gasteiger partial charge on any atom is 0.357 e. The number of nitriles is 1. The Hall–Kier alpha value is -3.35. The van der Waals surface area contributed by atoms with Crippen LogP contribution in [0.3, 0.4) is 0 Å². The molecule has 31 heavy (non-hydrogen) atoms. The van der Waals surface area contributed by atoms with E-state index in [1.807, 2.05) is 13.8 Å². The molecule has 1 atom stereocenters. The summed E-state index contributed by atoms with van der Waals surface area (Å²) in [6.45, 7) is 4.39. The zero-order valence-electron chi connectivity index (χ0n) is 17.1. The van der Waals surface area contributed by atoms with Gasteiger partial charge in [0.25, 0.3) is 0 Å². The Morgan fingerprint density at radius 2 is 1.97 bits per heavy atom. The van der Waals surface area contributed by atoms with Crippen LogP contribution in [-0.2, 0) is 0 Å². The third-order valence-corrected chi connectivity index (χ3v) is 5.12. The minimum Gasteiger partial charge on any atom is -0.476 e. The lowest BCUT2D eigenvalue weighted by Gasteiger charge is -2.35. The van der Waals surface area contributed by atoms with Gasteiger partial charge >= 0.3 is 5.97 Å². The minimum absolute atomic E-state index is 0.0514. The molecule has 0 aliphatic carbocycles. The summed E-state index contributed by atoms with van der Waals surface area (Å²) in [5.74, 6) is -2.98. The molecule has 1 aromatic heterocycles. The Bertz CT molecular complexity index is 1020. The maximum absolute atomic E-state index is 14.9. The highest BCUT2D eigenvalue weighted by atomic mass is 19.1. The summed E-state index contributed by atoms with van der Waals surface area (Å²) in [6.07, 6.45) is -0.885. The second-order valence-corrected chi connectivity index (χ2v) is 7.70. The molecule has 1 aliphatic rings. The van der Waals surface area contributed by atoms with Gasteiger partial charge in [-0.05, 0) is 38.7 Å². The SMILES string of the molecule is CC(C)Nc1nc(C#N)c(C(=O)O)nc1N1CCC([C@@H](F)c2ccc(F)cc2F)CC1. The van der Waals surface area contributed by atoms with Crippen molar-refractivity contribution in [3.05, 3.63) is 46.8 Å². The van der Waals surface area contributed by atoms with Gasteiger partial charge in [-0.15, -0.1) is 0 Å². The van der Waals surface area contributed by atoms with E-state index in [0.717, 1.165) is 12.1 Å². The highest BCUT2D eigenvalue weighted by molar-refractivity contribution is 5.89. The number of alkyl halides is 1. The number of benzene rings is 1. The van der Waals surface area contributed by atoms with Crippen molar-refractivity contribution < 1.29 is 23.1 Å². The summed E-state index contributed by atoms with van der Waals surface area (Å²) < 4.78 is 42.0. The number of aromatic nitrogens is 2. The molecule has 0 radical (unpaired) electrons. The van der Waals surface area contributed by atoms with E-state index in [0.29, 0.717) is 32.0 Å². The molecular weight excluding hydrogens is 411 g/mol. The van der Waals surface area contributed by atoms with Crippen LogP contribution in [0.2, 0.25) is 0 Å². The molecule has 1 aliphatic heterocycles. The smallest absolute Gasteiger partial charge is 0.357 e.